The summed E-state index contributed by atoms with van der Waals surface area (Å²) in [5.41, 5.74) is 3.06. The molecule has 0 bridgehead atoms. The Morgan fingerprint density at radius 1 is 1.13 bits per heavy atom. The number of aromatic nitrogens is 1. The van der Waals surface area contributed by atoms with Gasteiger partial charge in [-0.3, -0.25) is 10.1 Å². The standard InChI is InChI=1S/C16H20N4O2S/c1-11-10-14(4-5-15(11)20(21)22)18-6-8-19(9-7-18)16-17-12(2)13(3)23-16/h4-5,10H,6-9H2,1-3H3. The first kappa shape index (κ1) is 15.7. The molecule has 2 heterocycles. The fourth-order valence-electron chi connectivity index (χ4n) is 2.79. The van der Waals surface area contributed by atoms with Crippen molar-refractivity contribution in [3.8, 4) is 0 Å². The Labute approximate surface area is 139 Å². The van der Waals surface area contributed by atoms with Crippen molar-refractivity contribution in [1.29, 1.82) is 0 Å². The molecule has 1 saturated heterocycles. The number of hydrogen-bond acceptors (Lipinski definition) is 6. The largest absolute Gasteiger partial charge is 0.368 e. The SMILES string of the molecule is Cc1cc(N2CCN(c3nc(C)c(C)s3)CC2)ccc1[N+](=O)[O-]. The van der Waals surface area contributed by atoms with Gasteiger partial charge >= 0.3 is 0 Å². The van der Waals surface area contributed by atoms with Crippen molar-refractivity contribution in [2.24, 2.45) is 0 Å². The Bertz CT molecular complexity index is 716. The van der Waals surface area contributed by atoms with Gasteiger partial charge in [0.1, 0.15) is 0 Å². The van der Waals surface area contributed by atoms with Gasteiger partial charge < -0.3 is 9.80 Å². The maximum absolute atomic E-state index is 10.9. The third kappa shape index (κ3) is 3.14. The number of nitrogens with zero attached hydrogens (tertiary/aromatic N) is 4. The summed E-state index contributed by atoms with van der Waals surface area (Å²) in [7, 11) is 0. The van der Waals surface area contributed by atoms with Crippen LogP contribution in [0.4, 0.5) is 16.5 Å². The van der Waals surface area contributed by atoms with E-state index in [1.807, 2.05) is 19.1 Å². The number of anilines is 2. The second-order valence-corrected chi connectivity index (χ2v) is 7.02. The molecule has 1 aliphatic rings. The average Bonchev–Trinajstić information content (AvgIpc) is 2.86. The summed E-state index contributed by atoms with van der Waals surface area (Å²) in [6, 6.07) is 5.36. The van der Waals surface area contributed by atoms with E-state index in [4.69, 9.17) is 0 Å². The molecule has 1 fully saturated rings. The average molecular weight is 332 g/mol. The quantitative estimate of drug-likeness (QED) is 0.637. The monoisotopic (exact) mass is 332 g/mol. The number of nitro benzene ring substituents is 1. The predicted molar refractivity (Wildman–Crippen MR) is 93.8 cm³/mol. The lowest BCUT2D eigenvalue weighted by atomic mass is 10.1. The van der Waals surface area contributed by atoms with E-state index in [2.05, 4.69) is 21.7 Å². The summed E-state index contributed by atoms with van der Waals surface area (Å²) in [4.78, 5) is 21.1. The second-order valence-electron chi connectivity index (χ2n) is 5.84. The normalized spacial score (nSPS) is 15.1. The van der Waals surface area contributed by atoms with Crippen LogP contribution in [-0.2, 0) is 0 Å². The highest BCUT2D eigenvalue weighted by molar-refractivity contribution is 7.15. The van der Waals surface area contributed by atoms with Gasteiger partial charge in [0.25, 0.3) is 5.69 Å². The number of thiazole rings is 1. The molecule has 2 aromatic rings. The molecule has 1 aromatic heterocycles. The number of rotatable bonds is 3. The Balaban J connectivity index is 1.69. The van der Waals surface area contributed by atoms with Crippen LogP contribution in [0.25, 0.3) is 0 Å². The van der Waals surface area contributed by atoms with Crippen LogP contribution in [0.15, 0.2) is 18.2 Å². The van der Waals surface area contributed by atoms with Gasteiger partial charge in [-0.15, -0.1) is 11.3 Å². The molecule has 0 atom stereocenters. The fourth-order valence-corrected chi connectivity index (χ4v) is 3.75. The van der Waals surface area contributed by atoms with E-state index in [-0.39, 0.29) is 10.6 Å². The first-order valence-electron chi connectivity index (χ1n) is 7.64. The van der Waals surface area contributed by atoms with E-state index >= 15 is 0 Å². The molecule has 0 unspecified atom stereocenters. The molecule has 23 heavy (non-hydrogen) atoms. The molecule has 3 rings (SSSR count). The van der Waals surface area contributed by atoms with E-state index in [0.29, 0.717) is 5.56 Å². The highest BCUT2D eigenvalue weighted by Gasteiger charge is 2.21. The molecule has 122 valence electrons. The Morgan fingerprint density at radius 3 is 2.30 bits per heavy atom. The number of piperazine rings is 1. The van der Waals surface area contributed by atoms with Crippen LogP contribution < -0.4 is 9.80 Å². The molecule has 0 radical (unpaired) electrons. The first-order valence-corrected chi connectivity index (χ1v) is 8.46. The molecule has 1 aromatic carbocycles. The van der Waals surface area contributed by atoms with Crippen molar-refractivity contribution >= 4 is 27.8 Å². The van der Waals surface area contributed by atoms with Crippen LogP contribution in [0.3, 0.4) is 0 Å². The lowest BCUT2D eigenvalue weighted by Gasteiger charge is -2.36. The van der Waals surface area contributed by atoms with Gasteiger partial charge in [-0.1, -0.05) is 0 Å². The minimum absolute atomic E-state index is 0.182. The summed E-state index contributed by atoms with van der Waals surface area (Å²) in [5, 5.41) is 12.0. The molecule has 1 aliphatic heterocycles. The predicted octanol–water partition coefficient (Wildman–Crippen LogP) is 3.30. The van der Waals surface area contributed by atoms with Crippen molar-refractivity contribution in [3.63, 3.8) is 0 Å². The number of nitro groups is 1. The van der Waals surface area contributed by atoms with Gasteiger partial charge in [0.15, 0.2) is 5.13 Å². The van der Waals surface area contributed by atoms with Crippen LogP contribution in [0.2, 0.25) is 0 Å². The Kier molecular flexibility index (Phi) is 4.21. The minimum Gasteiger partial charge on any atom is -0.368 e. The topological polar surface area (TPSA) is 62.5 Å². The van der Waals surface area contributed by atoms with Gasteiger partial charge in [-0.2, -0.15) is 0 Å². The van der Waals surface area contributed by atoms with E-state index in [0.717, 1.165) is 42.7 Å². The third-order valence-corrected chi connectivity index (χ3v) is 5.44. The molecule has 0 aliphatic carbocycles. The smallest absolute Gasteiger partial charge is 0.272 e. The van der Waals surface area contributed by atoms with E-state index in [1.54, 1.807) is 24.3 Å². The van der Waals surface area contributed by atoms with Crippen LogP contribution in [-0.4, -0.2) is 36.1 Å². The zero-order chi connectivity index (χ0) is 16.6. The van der Waals surface area contributed by atoms with Gasteiger partial charge in [0, 0.05) is 48.4 Å². The number of hydrogen-bond donors (Lipinski definition) is 0. The highest BCUT2D eigenvalue weighted by Crippen LogP contribution is 2.28. The Morgan fingerprint density at radius 2 is 1.78 bits per heavy atom. The van der Waals surface area contributed by atoms with Crippen molar-refractivity contribution in [2.75, 3.05) is 36.0 Å². The molecular formula is C16H20N4O2S. The van der Waals surface area contributed by atoms with Crippen LogP contribution in [0, 0.1) is 30.9 Å². The highest BCUT2D eigenvalue weighted by atomic mass is 32.1. The summed E-state index contributed by atoms with van der Waals surface area (Å²) in [6.45, 7) is 9.57. The van der Waals surface area contributed by atoms with Crippen molar-refractivity contribution in [3.05, 3.63) is 44.4 Å². The van der Waals surface area contributed by atoms with Crippen molar-refractivity contribution < 1.29 is 4.92 Å². The van der Waals surface area contributed by atoms with Crippen LogP contribution in [0.5, 0.6) is 0 Å². The lowest BCUT2D eigenvalue weighted by molar-refractivity contribution is -0.385. The lowest BCUT2D eigenvalue weighted by Crippen LogP contribution is -2.46. The minimum atomic E-state index is -0.329. The van der Waals surface area contributed by atoms with Gasteiger partial charge in [0.05, 0.1) is 10.6 Å². The fraction of sp³-hybridized carbons (Fsp3) is 0.438. The van der Waals surface area contributed by atoms with Gasteiger partial charge in [-0.25, -0.2) is 4.98 Å². The molecule has 7 heteroatoms. The van der Waals surface area contributed by atoms with Gasteiger partial charge in [0.2, 0.25) is 0 Å². The molecular weight excluding hydrogens is 312 g/mol. The second kappa shape index (κ2) is 6.16. The maximum Gasteiger partial charge on any atom is 0.272 e. The zero-order valence-corrected chi connectivity index (χ0v) is 14.4. The summed E-state index contributed by atoms with van der Waals surface area (Å²) < 4.78 is 0. The van der Waals surface area contributed by atoms with E-state index < -0.39 is 0 Å². The van der Waals surface area contributed by atoms with Crippen molar-refractivity contribution in [1.82, 2.24) is 4.98 Å². The summed E-state index contributed by atoms with van der Waals surface area (Å²) >= 11 is 1.75. The number of aryl methyl sites for hydroxylation is 3. The molecule has 0 saturated carbocycles. The Hall–Kier alpha value is -2.15. The third-order valence-electron chi connectivity index (χ3n) is 4.31. The van der Waals surface area contributed by atoms with Crippen molar-refractivity contribution in [2.45, 2.75) is 20.8 Å². The number of benzene rings is 1. The molecule has 0 spiro atoms. The van der Waals surface area contributed by atoms with Gasteiger partial charge in [-0.05, 0) is 32.9 Å². The summed E-state index contributed by atoms with van der Waals surface area (Å²) in [5.74, 6) is 0. The zero-order valence-electron chi connectivity index (χ0n) is 13.6. The van der Waals surface area contributed by atoms with Crippen LogP contribution in [0.1, 0.15) is 16.1 Å². The van der Waals surface area contributed by atoms with Crippen LogP contribution >= 0.6 is 11.3 Å². The molecule has 0 N–H and O–H groups in total. The van der Waals surface area contributed by atoms with E-state index in [9.17, 15) is 10.1 Å². The first-order chi connectivity index (χ1) is 11.0. The van der Waals surface area contributed by atoms with E-state index in [1.165, 1.54) is 4.88 Å². The molecule has 6 nitrogen and oxygen atoms in total. The maximum atomic E-state index is 10.9. The molecule has 0 amide bonds. The summed E-state index contributed by atoms with van der Waals surface area (Å²) in [6.07, 6.45) is 0.